The summed E-state index contributed by atoms with van der Waals surface area (Å²) in [5, 5.41) is 3.45. The van der Waals surface area contributed by atoms with Crippen LogP contribution in [0.25, 0.3) is 17.2 Å². The molecule has 162 valence electrons. The lowest BCUT2D eigenvalue weighted by Crippen LogP contribution is -2.45. The number of hydrazine groups is 1. The Morgan fingerprint density at radius 2 is 1.81 bits per heavy atom. The Bertz CT molecular complexity index is 1090. The lowest BCUT2D eigenvalue weighted by molar-refractivity contribution is 0.0744. The SMILES string of the molecule is CCc1c(C(=O)NN2CCCCC2)nc(-c2ccc(Cl)cc2Cl)n1-c1ccc(Cl)cn1. The Balaban J connectivity index is 1.84. The molecule has 0 radical (unpaired) electrons. The second kappa shape index (κ2) is 9.57. The van der Waals surface area contributed by atoms with E-state index in [0.717, 1.165) is 31.6 Å². The van der Waals surface area contributed by atoms with Gasteiger partial charge in [0, 0.05) is 29.9 Å². The number of aromatic nitrogens is 3. The van der Waals surface area contributed by atoms with E-state index in [1.54, 1.807) is 36.5 Å². The zero-order chi connectivity index (χ0) is 22.0. The molecule has 1 saturated heterocycles. The van der Waals surface area contributed by atoms with Crippen LogP contribution in [0, 0.1) is 0 Å². The lowest BCUT2D eigenvalue weighted by atomic mass is 10.2. The van der Waals surface area contributed by atoms with E-state index in [1.165, 1.54) is 6.42 Å². The summed E-state index contributed by atoms with van der Waals surface area (Å²) in [5.74, 6) is 0.890. The molecule has 0 unspecified atom stereocenters. The van der Waals surface area contributed by atoms with Crippen LogP contribution < -0.4 is 5.43 Å². The minimum Gasteiger partial charge on any atom is -0.283 e. The fourth-order valence-corrected chi connectivity index (χ4v) is 4.37. The van der Waals surface area contributed by atoms with E-state index < -0.39 is 0 Å². The molecule has 0 atom stereocenters. The molecule has 3 aromatic rings. The first-order chi connectivity index (χ1) is 15.0. The summed E-state index contributed by atoms with van der Waals surface area (Å²) in [6, 6.07) is 8.75. The van der Waals surface area contributed by atoms with Crippen molar-refractivity contribution in [3.05, 3.63) is 63.0 Å². The van der Waals surface area contributed by atoms with Gasteiger partial charge in [0.15, 0.2) is 5.69 Å². The molecule has 6 nitrogen and oxygen atoms in total. The highest BCUT2D eigenvalue weighted by Gasteiger charge is 2.26. The van der Waals surface area contributed by atoms with E-state index in [0.29, 0.717) is 44.4 Å². The zero-order valence-corrected chi connectivity index (χ0v) is 19.3. The number of carbonyl (C=O) groups is 1. The number of nitrogens with zero attached hydrogens (tertiary/aromatic N) is 4. The molecule has 1 N–H and O–H groups in total. The monoisotopic (exact) mass is 477 g/mol. The first-order valence-electron chi connectivity index (χ1n) is 10.2. The van der Waals surface area contributed by atoms with Gasteiger partial charge in [-0.1, -0.05) is 48.1 Å². The van der Waals surface area contributed by atoms with Crippen LogP contribution in [-0.2, 0) is 6.42 Å². The fourth-order valence-electron chi connectivity index (χ4n) is 3.76. The Morgan fingerprint density at radius 1 is 1.06 bits per heavy atom. The largest absolute Gasteiger partial charge is 0.286 e. The predicted molar refractivity (Wildman–Crippen MR) is 124 cm³/mol. The Hall–Kier alpha value is -2.12. The highest BCUT2D eigenvalue weighted by atomic mass is 35.5. The second-order valence-corrected chi connectivity index (χ2v) is 8.65. The van der Waals surface area contributed by atoms with E-state index in [1.807, 2.05) is 16.5 Å². The molecule has 2 aromatic heterocycles. The maximum absolute atomic E-state index is 13.2. The van der Waals surface area contributed by atoms with E-state index in [9.17, 15) is 4.79 Å². The van der Waals surface area contributed by atoms with Crippen molar-refractivity contribution in [2.24, 2.45) is 0 Å². The van der Waals surface area contributed by atoms with Crippen molar-refractivity contribution in [1.29, 1.82) is 0 Å². The smallest absolute Gasteiger partial charge is 0.283 e. The minimum atomic E-state index is -0.238. The molecule has 1 fully saturated rings. The fraction of sp³-hybridized carbons (Fsp3) is 0.318. The molecule has 1 aromatic carbocycles. The molecular weight excluding hydrogens is 457 g/mol. The van der Waals surface area contributed by atoms with Crippen molar-refractivity contribution in [2.45, 2.75) is 32.6 Å². The Labute approximate surface area is 196 Å². The molecule has 0 saturated carbocycles. The van der Waals surface area contributed by atoms with Gasteiger partial charge in [0.05, 0.1) is 15.7 Å². The Kier molecular flexibility index (Phi) is 6.82. The molecule has 0 aliphatic carbocycles. The third-order valence-corrected chi connectivity index (χ3v) is 6.02. The number of benzene rings is 1. The van der Waals surface area contributed by atoms with Crippen molar-refractivity contribution in [1.82, 2.24) is 25.0 Å². The molecule has 9 heteroatoms. The zero-order valence-electron chi connectivity index (χ0n) is 17.0. The third kappa shape index (κ3) is 4.72. The quantitative estimate of drug-likeness (QED) is 0.519. The molecule has 3 heterocycles. The maximum Gasteiger partial charge on any atom is 0.286 e. The van der Waals surface area contributed by atoms with Crippen molar-refractivity contribution < 1.29 is 4.79 Å². The number of amides is 1. The topological polar surface area (TPSA) is 63.1 Å². The summed E-state index contributed by atoms with van der Waals surface area (Å²) in [6.45, 7) is 3.65. The summed E-state index contributed by atoms with van der Waals surface area (Å²) in [7, 11) is 0. The van der Waals surface area contributed by atoms with Gasteiger partial charge in [0.25, 0.3) is 5.91 Å². The molecule has 1 aliphatic heterocycles. The van der Waals surface area contributed by atoms with Crippen LogP contribution in [-0.4, -0.2) is 38.5 Å². The summed E-state index contributed by atoms with van der Waals surface area (Å²) in [5.41, 5.74) is 4.76. The number of rotatable bonds is 5. The van der Waals surface area contributed by atoms with E-state index in [2.05, 4.69) is 10.4 Å². The third-order valence-electron chi connectivity index (χ3n) is 5.25. The average molecular weight is 479 g/mol. The number of nitrogens with one attached hydrogen (secondary N) is 1. The van der Waals surface area contributed by atoms with Gasteiger partial charge in [-0.05, 0) is 49.6 Å². The molecule has 1 amide bonds. The van der Waals surface area contributed by atoms with Crippen molar-refractivity contribution >= 4 is 40.7 Å². The number of hydrogen-bond acceptors (Lipinski definition) is 4. The molecular formula is C22H22Cl3N5O. The first kappa shape index (κ1) is 22.1. The van der Waals surface area contributed by atoms with E-state index in [-0.39, 0.29) is 5.91 Å². The van der Waals surface area contributed by atoms with Gasteiger partial charge >= 0.3 is 0 Å². The minimum absolute atomic E-state index is 0.238. The first-order valence-corrected chi connectivity index (χ1v) is 11.4. The van der Waals surface area contributed by atoms with Crippen LogP contribution in [0.15, 0.2) is 36.5 Å². The van der Waals surface area contributed by atoms with Gasteiger partial charge in [0.1, 0.15) is 11.6 Å². The normalized spacial score (nSPS) is 14.6. The van der Waals surface area contributed by atoms with Crippen LogP contribution >= 0.6 is 34.8 Å². The summed E-state index contributed by atoms with van der Waals surface area (Å²) >= 11 is 18.6. The van der Waals surface area contributed by atoms with Gasteiger partial charge in [-0.25, -0.2) is 15.0 Å². The number of hydrogen-bond donors (Lipinski definition) is 1. The highest BCUT2D eigenvalue weighted by molar-refractivity contribution is 6.36. The van der Waals surface area contributed by atoms with Crippen molar-refractivity contribution in [3.63, 3.8) is 0 Å². The number of carbonyl (C=O) groups excluding carboxylic acids is 1. The van der Waals surface area contributed by atoms with Crippen molar-refractivity contribution in [3.8, 4) is 17.2 Å². The van der Waals surface area contributed by atoms with Gasteiger partial charge in [-0.2, -0.15) is 0 Å². The lowest BCUT2D eigenvalue weighted by Gasteiger charge is -2.26. The molecule has 0 spiro atoms. The summed E-state index contributed by atoms with van der Waals surface area (Å²) in [6.07, 6.45) is 5.45. The molecule has 0 bridgehead atoms. The standard InChI is InChI=1S/C22H22Cl3N5O/c1-2-18-20(22(31)28-29-10-4-3-5-11-29)27-21(16-8-6-14(23)12-17(16)25)30(18)19-9-7-15(24)13-26-19/h6-9,12-13H,2-5,10-11H2,1H3,(H,28,31). The number of imidazole rings is 1. The molecule has 4 rings (SSSR count). The van der Waals surface area contributed by atoms with Gasteiger partial charge < -0.3 is 0 Å². The number of pyridine rings is 1. The second-order valence-electron chi connectivity index (χ2n) is 7.37. The van der Waals surface area contributed by atoms with Gasteiger partial charge in [-0.3, -0.25) is 14.8 Å². The summed E-state index contributed by atoms with van der Waals surface area (Å²) < 4.78 is 1.86. The van der Waals surface area contributed by atoms with Crippen LogP contribution in [0.2, 0.25) is 15.1 Å². The van der Waals surface area contributed by atoms with Gasteiger partial charge in [-0.15, -0.1) is 0 Å². The maximum atomic E-state index is 13.2. The van der Waals surface area contributed by atoms with Crippen LogP contribution in [0.3, 0.4) is 0 Å². The van der Waals surface area contributed by atoms with Crippen LogP contribution in [0.5, 0.6) is 0 Å². The summed E-state index contributed by atoms with van der Waals surface area (Å²) in [4.78, 5) is 22.4. The van der Waals surface area contributed by atoms with Crippen molar-refractivity contribution in [2.75, 3.05) is 13.1 Å². The Morgan fingerprint density at radius 3 is 2.45 bits per heavy atom. The average Bonchev–Trinajstić information content (AvgIpc) is 3.14. The van der Waals surface area contributed by atoms with Crippen LogP contribution in [0.1, 0.15) is 42.4 Å². The van der Waals surface area contributed by atoms with Crippen LogP contribution in [0.4, 0.5) is 0 Å². The number of piperidine rings is 1. The molecule has 31 heavy (non-hydrogen) atoms. The number of halogens is 3. The van der Waals surface area contributed by atoms with Gasteiger partial charge in [0.2, 0.25) is 0 Å². The van der Waals surface area contributed by atoms with E-state index in [4.69, 9.17) is 39.8 Å². The van der Waals surface area contributed by atoms with E-state index >= 15 is 0 Å². The molecule has 1 aliphatic rings. The predicted octanol–water partition coefficient (Wildman–Crippen LogP) is 5.59. The highest BCUT2D eigenvalue weighted by Crippen LogP contribution is 2.33.